The molecule has 0 radical (unpaired) electrons. The summed E-state index contributed by atoms with van der Waals surface area (Å²) in [5.74, 6) is -0.696. The normalized spacial score (nSPS) is 8.36. The number of aliphatic carboxylic acids is 1. The van der Waals surface area contributed by atoms with Crippen LogP contribution in [0.2, 0.25) is 0 Å². The lowest BCUT2D eigenvalue weighted by Gasteiger charge is -1.93. The highest BCUT2D eigenvalue weighted by Crippen LogP contribution is 2.02. The predicted molar refractivity (Wildman–Crippen MR) is 48.2 cm³/mol. The highest BCUT2D eigenvalue weighted by atomic mass is 35.5. The van der Waals surface area contributed by atoms with Crippen molar-refractivity contribution in [1.29, 1.82) is 0 Å². The van der Waals surface area contributed by atoms with Crippen LogP contribution in [0.1, 0.15) is 32.1 Å². The molecule has 0 heterocycles. The third-order valence-corrected chi connectivity index (χ3v) is 1.30. The van der Waals surface area contributed by atoms with Gasteiger partial charge in [0.2, 0.25) is 0 Å². The van der Waals surface area contributed by atoms with Crippen molar-refractivity contribution >= 4 is 18.4 Å². The van der Waals surface area contributed by atoms with E-state index in [9.17, 15) is 4.79 Å². The second kappa shape index (κ2) is 9.50. The number of allylic oxidation sites excluding steroid dienone is 1. The monoisotopic (exact) mass is 178 g/mol. The standard InChI is InChI=1S/C8H14O2.ClH/c1-2-3-4-5-6-7-8(9)10;/h2H,1,3-7H2,(H,9,10);1H. The molecular formula is C8H15ClO2. The molecule has 0 amide bonds. The number of halogens is 1. The van der Waals surface area contributed by atoms with Gasteiger partial charge in [0.05, 0.1) is 0 Å². The van der Waals surface area contributed by atoms with Crippen LogP contribution in [0.15, 0.2) is 12.7 Å². The summed E-state index contributed by atoms with van der Waals surface area (Å²) in [6.45, 7) is 3.58. The first-order chi connectivity index (χ1) is 4.77. The smallest absolute Gasteiger partial charge is 0.303 e. The molecular weight excluding hydrogens is 164 g/mol. The number of hydrogen-bond acceptors (Lipinski definition) is 1. The Balaban J connectivity index is 0. The molecule has 0 aromatic rings. The quantitative estimate of drug-likeness (QED) is 0.502. The zero-order valence-electron chi connectivity index (χ0n) is 6.58. The lowest BCUT2D eigenvalue weighted by molar-refractivity contribution is -0.137. The number of rotatable bonds is 6. The van der Waals surface area contributed by atoms with Crippen molar-refractivity contribution in [2.24, 2.45) is 0 Å². The summed E-state index contributed by atoms with van der Waals surface area (Å²) in [5.41, 5.74) is 0. The molecule has 0 aromatic carbocycles. The van der Waals surface area contributed by atoms with Gasteiger partial charge in [0.15, 0.2) is 0 Å². The minimum atomic E-state index is -0.696. The van der Waals surface area contributed by atoms with Crippen LogP contribution in [0.3, 0.4) is 0 Å². The van der Waals surface area contributed by atoms with E-state index in [1.807, 2.05) is 6.08 Å². The number of unbranched alkanes of at least 4 members (excludes halogenated alkanes) is 3. The molecule has 0 spiro atoms. The molecule has 0 saturated carbocycles. The summed E-state index contributed by atoms with van der Waals surface area (Å²) in [5, 5.41) is 8.25. The number of carbonyl (C=O) groups is 1. The summed E-state index contributed by atoms with van der Waals surface area (Å²) < 4.78 is 0. The third-order valence-electron chi connectivity index (χ3n) is 1.30. The van der Waals surface area contributed by atoms with Gasteiger partial charge in [-0.25, -0.2) is 0 Å². The van der Waals surface area contributed by atoms with Crippen molar-refractivity contribution in [3.63, 3.8) is 0 Å². The zero-order chi connectivity index (χ0) is 7.82. The molecule has 3 heteroatoms. The van der Waals surface area contributed by atoms with Crippen LogP contribution in [0.5, 0.6) is 0 Å². The Bertz CT molecular complexity index is 113. The Morgan fingerprint density at radius 1 is 1.36 bits per heavy atom. The molecule has 0 aliphatic heterocycles. The first kappa shape index (κ1) is 13.1. The van der Waals surface area contributed by atoms with Crippen LogP contribution in [0, 0.1) is 0 Å². The van der Waals surface area contributed by atoms with Crippen LogP contribution in [-0.2, 0) is 4.79 Å². The average Bonchev–Trinajstić information content (AvgIpc) is 1.87. The summed E-state index contributed by atoms with van der Waals surface area (Å²) in [4.78, 5) is 10.0. The van der Waals surface area contributed by atoms with Gasteiger partial charge in [-0.1, -0.05) is 12.5 Å². The first-order valence-electron chi connectivity index (χ1n) is 3.60. The highest BCUT2D eigenvalue weighted by molar-refractivity contribution is 5.85. The molecule has 0 atom stereocenters. The Kier molecular flexibility index (Phi) is 11.3. The number of carboxylic acids is 1. The fourth-order valence-electron chi connectivity index (χ4n) is 0.742. The summed E-state index contributed by atoms with van der Waals surface area (Å²) in [7, 11) is 0. The molecule has 0 rings (SSSR count). The van der Waals surface area contributed by atoms with Crippen LogP contribution in [0.4, 0.5) is 0 Å². The molecule has 11 heavy (non-hydrogen) atoms. The second-order valence-electron chi connectivity index (χ2n) is 2.28. The van der Waals surface area contributed by atoms with E-state index in [0.717, 1.165) is 25.7 Å². The molecule has 0 fully saturated rings. The maximum Gasteiger partial charge on any atom is 0.303 e. The van der Waals surface area contributed by atoms with E-state index >= 15 is 0 Å². The van der Waals surface area contributed by atoms with E-state index < -0.39 is 5.97 Å². The Morgan fingerprint density at radius 3 is 2.45 bits per heavy atom. The van der Waals surface area contributed by atoms with Crippen molar-refractivity contribution < 1.29 is 9.90 Å². The van der Waals surface area contributed by atoms with Gasteiger partial charge < -0.3 is 5.11 Å². The van der Waals surface area contributed by atoms with Crippen molar-refractivity contribution in [1.82, 2.24) is 0 Å². The molecule has 0 aliphatic rings. The molecule has 0 aromatic heterocycles. The Morgan fingerprint density at radius 2 is 2.00 bits per heavy atom. The van der Waals surface area contributed by atoms with E-state index in [-0.39, 0.29) is 12.4 Å². The fourth-order valence-corrected chi connectivity index (χ4v) is 0.742. The average molecular weight is 179 g/mol. The highest BCUT2D eigenvalue weighted by Gasteiger charge is 1.94. The van der Waals surface area contributed by atoms with Gasteiger partial charge in [0.25, 0.3) is 0 Å². The van der Waals surface area contributed by atoms with E-state index in [4.69, 9.17) is 5.11 Å². The van der Waals surface area contributed by atoms with Gasteiger partial charge in [-0.2, -0.15) is 0 Å². The molecule has 0 saturated heterocycles. The van der Waals surface area contributed by atoms with E-state index in [2.05, 4.69) is 6.58 Å². The maximum absolute atomic E-state index is 10.0. The van der Waals surface area contributed by atoms with Crippen molar-refractivity contribution in [2.75, 3.05) is 0 Å². The number of hydrogen-bond donors (Lipinski definition) is 1. The van der Waals surface area contributed by atoms with E-state index in [1.54, 1.807) is 0 Å². The largest absolute Gasteiger partial charge is 0.481 e. The molecule has 66 valence electrons. The molecule has 0 unspecified atom stereocenters. The van der Waals surface area contributed by atoms with Gasteiger partial charge in [-0.15, -0.1) is 19.0 Å². The van der Waals surface area contributed by atoms with E-state index in [0.29, 0.717) is 6.42 Å². The Hall–Kier alpha value is -0.500. The van der Waals surface area contributed by atoms with Crippen LogP contribution in [0.25, 0.3) is 0 Å². The summed E-state index contributed by atoms with van der Waals surface area (Å²) in [6.07, 6.45) is 6.02. The molecule has 1 N–H and O–H groups in total. The van der Waals surface area contributed by atoms with Crippen LogP contribution < -0.4 is 0 Å². The van der Waals surface area contributed by atoms with Gasteiger partial charge in [-0.3, -0.25) is 4.79 Å². The topological polar surface area (TPSA) is 37.3 Å². The minimum absolute atomic E-state index is 0. The fraction of sp³-hybridized carbons (Fsp3) is 0.625. The van der Waals surface area contributed by atoms with Gasteiger partial charge in [0, 0.05) is 6.42 Å². The van der Waals surface area contributed by atoms with Crippen molar-refractivity contribution in [3.05, 3.63) is 12.7 Å². The van der Waals surface area contributed by atoms with Crippen LogP contribution >= 0.6 is 12.4 Å². The van der Waals surface area contributed by atoms with Gasteiger partial charge in [0.1, 0.15) is 0 Å². The second-order valence-corrected chi connectivity index (χ2v) is 2.28. The predicted octanol–water partition coefficient (Wildman–Crippen LogP) is 2.63. The number of carboxylic acid groups (broad SMARTS) is 1. The first-order valence-corrected chi connectivity index (χ1v) is 3.60. The summed E-state index contributed by atoms with van der Waals surface area (Å²) >= 11 is 0. The molecule has 2 nitrogen and oxygen atoms in total. The lowest BCUT2D eigenvalue weighted by Crippen LogP contribution is -1.93. The molecule has 0 bridgehead atoms. The maximum atomic E-state index is 10.0. The van der Waals surface area contributed by atoms with Gasteiger partial charge >= 0.3 is 5.97 Å². The Labute approximate surface area is 73.7 Å². The SMILES string of the molecule is C=CCCCCCC(=O)O.Cl. The van der Waals surface area contributed by atoms with E-state index in [1.165, 1.54) is 0 Å². The summed E-state index contributed by atoms with van der Waals surface area (Å²) in [6, 6.07) is 0. The molecule has 0 aliphatic carbocycles. The van der Waals surface area contributed by atoms with Gasteiger partial charge in [-0.05, 0) is 19.3 Å². The third kappa shape index (κ3) is 12.6. The van der Waals surface area contributed by atoms with Crippen molar-refractivity contribution in [2.45, 2.75) is 32.1 Å². The lowest BCUT2D eigenvalue weighted by atomic mass is 10.1. The minimum Gasteiger partial charge on any atom is -0.481 e. The van der Waals surface area contributed by atoms with Crippen molar-refractivity contribution in [3.8, 4) is 0 Å². The zero-order valence-corrected chi connectivity index (χ0v) is 7.40. The van der Waals surface area contributed by atoms with Crippen LogP contribution in [-0.4, -0.2) is 11.1 Å².